The van der Waals surface area contributed by atoms with Gasteiger partial charge in [0.05, 0.1) is 23.9 Å². The van der Waals surface area contributed by atoms with Crippen molar-refractivity contribution in [3.63, 3.8) is 0 Å². The topological polar surface area (TPSA) is 198 Å². The second-order valence-electron chi connectivity index (χ2n) is 11.4. The summed E-state index contributed by atoms with van der Waals surface area (Å²) in [6.45, 7) is -1.06. The molecule has 5 N–H and O–H groups in total. The van der Waals surface area contributed by atoms with Crippen molar-refractivity contribution in [3.8, 4) is 0 Å². The number of aliphatic hydroxyl groups excluding tert-OH is 1. The van der Waals surface area contributed by atoms with Gasteiger partial charge in [0.25, 0.3) is 0 Å². The molecule has 5 aromatic heterocycles. The summed E-state index contributed by atoms with van der Waals surface area (Å²) in [5, 5.41) is 27.3. The number of carboxylic acid groups (broad SMARTS) is 1. The first-order valence-electron chi connectivity index (χ1n) is 16.4. The van der Waals surface area contributed by atoms with Crippen LogP contribution < -0.4 is 5.73 Å². The van der Waals surface area contributed by atoms with E-state index >= 15 is 0 Å². The minimum atomic E-state index is -4.99. The molecular formula is C35H21F20N7O5. The number of oxime groups is 1. The average molecular weight is 1000 g/mol. The Hall–Kier alpha value is -7.12. The zero-order valence-corrected chi connectivity index (χ0v) is 31.8. The Bertz CT molecular complexity index is 2410. The first-order chi connectivity index (χ1) is 30.7. The Balaban J connectivity index is 0.000000419. The molecule has 32 heteroatoms. The van der Waals surface area contributed by atoms with E-state index in [9.17, 15) is 97.4 Å². The molecule has 366 valence electrons. The highest BCUT2D eigenvalue weighted by molar-refractivity contribution is 5.88. The summed E-state index contributed by atoms with van der Waals surface area (Å²) in [5.41, 5.74) is -5.99. The lowest BCUT2D eigenvalue weighted by Crippen LogP contribution is -2.14. The fraction of sp³-hybridized carbons (Fsp3) is 0.200. The van der Waals surface area contributed by atoms with Crippen LogP contribution in [0.2, 0.25) is 0 Å². The number of alkyl halides is 15. The number of aliphatic hydroxyl groups is 1. The van der Waals surface area contributed by atoms with Crippen molar-refractivity contribution in [2.75, 3.05) is 0 Å². The van der Waals surface area contributed by atoms with Crippen LogP contribution in [0.1, 0.15) is 65.9 Å². The first kappa shape index (κ1) is 57.9. The van der Waals surface area contributed by atoms with Crippen LogP contribution in [0, 0.1) is 29.1 Å². The number of rotatable bonds is 5. The summed E-state index contributed by atoms with van der Waals surface area (Å²) in [6.07, 6.45) is -20.0. The molecule has 0 aliphatic carbocycles. The van der Waals surface area contributed by atoms with Gasteiger partial charge in [-0.1, -0.05) is 5.16 Å². The molecule has 0 spiro atoms. The molecule has 0 saturated carbocycles. The molecule has 0 radical (unpaired) electrons. The van der Waals surface area contributed by atoms with Crippen molar-refractivity contribution in [3.05, 3.63) is 147 Å². The smallest absolute Gasteiger partial charge is 0.436 e. The third-order valence-electron chi connectivity index (χ3n) is 6.95. The molecule has 67 heavy (non-hydrogen) atoms. The molecule has 5 aromatic rings. The Labute approximate surface area is 358 Å². The third-order valence-corrected chi connectivity index (χ3v) is 6.95. The van der Waals surface area contributed by atoms with E-state index in [0.29, 0.717) is 18.5 Å². The molecule has 0 aromatic carbocycles. The fourth-order valence-electron chi connectivity index (χ4n) is 4.01. The van der Waals surface area contributed by atoms with Crippen LogP contribution in [0.5, 0.6) is 0 Å². The van der Waals surface area contributed by atoms with Crippen LogP contribution in [0.25, 0.3) is 0 Å². The van der Waals surface area contributed by atoms with Crippen LogP contribution in [0.15, 0.2) is 66.5 Å². The van der Waals surface area contributed by atoms with Crippen molar-refractivity contribution in [2.24, 2.45) is 10.9 Å². The number of aldehydes is 1. The lowest BCUT2D eigenvalue weighted by Gasteiger charge is -2.08. The van der Waals surface area contributed by atoms with Crippen LogP contribution in [0.3, 0.4) is 0 Å². The van der Waals surface area contributed by atoms with Gasteiger partial charge in [-0.3, -0.25) is 4.79 Å². The van der Waals surface area contributed by atoms with Crippen molar-refractivity contribution < 1.29 is 113 Å². The molecule has 5 heterocycles. The second kappa shape index (κ2) is 23.9. The molecule has 0 aliphatic heterocycles. The Morgan fingerprint density at radius 3 is 1.18 bits per heavy atom. The van der Waals surface area contributed by atoms with E-state index in [1.54, 1.807) is 0 Å². The van der Waals surface area contributed by atoms with E-state index in [-0.39, 0.29) is 18.4 Å². The maximum absolute atomic E-state index is 13.0. The number of nitrogens with two attached hydrogens (primary N) is 1. The number of aromatic carboxylic acids is 1. The Kier molecular flexibility index (Phi) is 20.6. The number of pyridine rings is 5. The van der Waals surface area contributed by atoms with E-state index in [2.05, 4.69) is 30.1 Å². The van der Waals surface area contributed by atoms with Crippen LogP contribution >= 0.6 is 0 Å². The van der Waals surface area contributed by atoms with Crippen LogP contribution in [0.4, 0.5) is 87.8 Å². The zero-order chi connectivity index (χ0) is 51.9. The van der Waals surface area contributed by atoms with Gasteiger partial charge in [-0.05, 0) is 30.3 Å². The average Bonchev–Trinajstić information content (AvgIpc) is 3.21. The Morgan fingerprint density at radius 1 is 0.522 bits per heavy atom. The molecule has 0 bridgehead atoms. The number of carboxylic acids is 1. The van der Waals surface area contributed by atoms with Gasteiger partial charge in [0.1, 0.15) is 0 Å². The van der Waals surface area contributed by atoms with Gasteiger partial charge >= 0.3 is 36.9 Å². The number of hydrogen-bond donors (Lipinski definition) is 4. The quantitative estimate of drug-likeness (QED) is 0.0430. The molecule has 12 nitrogen and oxygen atoms in total. The lowest BCUT2D eigenvalue weighted by molar-refractivity contribution is -0.144. The first-order valence-corrected chi connectivity index (χ1v) is 16.4. The van der Waals surface area contributed by atoms with Crippen molar-refractivity contribution in [1.29, 1.82) is 0 Å². The van der Waals surface area contributed by atoms with E-state index < -0.39 is 123 Å². The number of aromatic nitrogens is 5. The molecule has 0 atom stereocenters. The van der Waals surface area contributed by atoms with Gasteiger partial charge in [-0.15, -0.1) is 0 Å². The Morgan fingerprint density at radius 2 is 0.836 bits per heavy atom. The summed E-state index contributed by atoms with van der Waals surface area (Å²) in [7, 11) is 0. The van der Waals surface area contributed by atoms with Crippen LogP contribution in [-0.2, 0) is 44.0 Å². The maximum atomic E-state index is 13.0. The predicted octanol–water partition coefficient (Wildman–Crippen LogP) is 9.47. The SMILES string of the molecule is NCc1ccnc(C(F)(F)F)c1F.O/N=C/c1ccnc(C(F)(F)F)c1F.O=C(O)c1ccnc(C(F)(F)F)c1F.O=Cc1ccnc(C(F)(F)F)c1F.OCc1ccnc(C(F)(F)F)c1F. The largest absolute Gasteiger partial charge is 0.478 e. The standard InChI is InChI=1S/C7H4F4N2O.C7H6F4N2.C7H3F4NO2.C7H5F4NO.C7H3F4NO/c8-5-4(3-13-14)1-2-12-6(5)7(9,10)11;8-5-4(3-12)1-2-13-6(5)7(9,10)11;8-4-3(6(13)14)1-2-12-5(4)7(9,10)11;2*8-5-4(3-13)1-2-12-6(5)7(9,10)11/h1-3,14H;1-2H,3,12H2;1-2H,(H,13,14);1-2,13H,3H2;1-3H/b13-3+;;;;. The molecule has 0 aliphatic rings. The maximum Gasteiger partial charge on any atom is 0.436 e. The zero-order valence-electron chi connectivity index (χ0n) is 31.8. The number of carbonyl (C=O) groups is 2. The second-order valence-corrected chi connectivity index (χ2v) is 11.4. The number of carbonyl (C=O) groups excluding carboxylic acids is 1. The highest BCUT2D eigenvalue weighted by Crippen LogP contribution is 2.34. The molecule has 5 rings (SSSR count). The molecule has 0 amide bonds. The minimum absolute atomic E-state index is 0.00620. The van der Waals surface area contributed by atoms with E-state index in [0.717, 1.165) is 49.1 Å². The van der Waals surface area contributed by atoms with Gasteiger partial charge in [0.2, 0.25) is 0 Å². The third kappa shape index (κ3) is 17.0. The van der Waals surface area contributed by atoms with Gasteiger partial charge in [0, 0.05) is 54.2 Å². The number of hydrogen-bond acceptors (Lipinski definition) is 11. The van der Waals surface area contributed by atoms with Gasteiger partial charge in [0.15, 0.2) is 63.8 Å². The molecule has 0 saturated heterocycles. The minimum Gasteiger partial charge on any atom is -0.478 e. The summed E-state index contributed by atoms with van der Waals surface area (Å²) < 4.78 is 244. The number of halogens is 20. The van der Waals surface area contributed by atoms with Gasteiger partial charge < -0.3 is 21.2 Å². The van der Waals surface area contributed by atoms with Crippen molar-refractivity contribution in [2.45, 2.75) is 44.0 Å². The molecule has 0 unspecified atom stereocenters. The van der Waals surface area contributed by atoms with Gasteiger partial charge in [-0.2, -0.15) is 65.9 Å². The highest BCUT2D eigenvalue weighted by atomic mass is 19.4. The summed E-state index contributed by atoms with van der Waals surface area (Å²) in [6, 6.07) is 4.60. The molecular weight excluding hydrogens is 978 g/mol. The van der Waals surface area contributed by atoms with Crippen molar-refractivity contribution in [1.82, 2.24) is 24.9 Å². The summed E-state index contributed by atoms with van der Waals surface area (Å²) in [5.74, 6) is -9.74. The van der Waals surface area contributed by atoms with Gasteiger partial charge in [-0.25, -0.2) is 51.7 Å². The lowest BCUT2D eigenvalue weighted by atomic mass is 10.2. The van der Waals surface area contributed by atoms with E-state index in [1.807, 2.05) is 0 Å². The fourth-order valence-corrected chi connectivity index (χ4v) is 4.01. The van der Waals surface area contributed by atoms with E-state index in [4.69, 9.17) is 21.2 Å². The highest BCUT2D eigenvalue weighted by Gasteiger charge is 2.40. The normalized spacial score (nSPS) is 11.7. The summed E-state index contributed by atoms with van der Waals surface area (Å²) >= 11 is 0. The monoisotopic (exact) mass is 999 g/mol. The van der Waals surface area contributed by atoms with Crippen molar-refractivity contribution >= 4 is 18.5 Å². The van der Waals surface area contributed by atoms with Crippen LogP contribution in [-0.4, -0.2) is 58.8 Å². The predicted molar refractivity (Wildman–Crippen MR) is 182 cm³/mol. The van der Waals surface area contributed by atoms with E-state index in [1.165, 1.54) is 0 Å². The summed E-state index contributed by atoms with van der Waals surface area (Å²) in [4.78, 5) is 34.5. The number of nitrogens with zero attached hydrogens (tertiary/aromatic N) is 6. The molecule has 0 fully saturated rings.